The van der Waals surface area contributed by atoms with Crippen molar-refractivity contribution in [2.45, 2.75) is 50.8 Å². The molecule has 0 saturated carbocycles. The van der Waals surface area contributed by atoms with Crippen LogP contribution in [0.25, 0.3) is 0 Å². The van der Waals surface area contributed by atoms with Crippen molar-refractivity contribution in [2.75, 3.05) is 0 Å². The van der Waals surface area contributed by atoms with E-state index in [-0.39, 0.29) is 0 Å². The SMILES string of the molecule is FC(CCCC(Cl)(Cl)Cl)C(F)(F)C(F)(F)C(F)(F)C(Cl)(Cl)Cl. The molecule has 0 rings (SSSR count). The average molecular weight is 461 g/mol. The fourth-order valence-electron chi connectivity index (χ4n) is 1.25. The van der Waals surface area contributed by atoms with Gasteiger partial charge in [-0.15, -0.1) is 0 Å². The Kier molecular flexibility index (Phi) is 7.65. The number of rotatable bonds is 6. The molecular weight excluding hydrogens is 454 g/mol. The van der Waals surface area contributed by atoms with E-state index in [0.717, 1.165) is 0 Å². The van der Waals surface area contributed by atoms with Crippen molar-refractivity contribution in [3.8, 4) is 0 Å². The van der Waals surface area contributed by atoms with Gasteiger partial charge in [0.1, 0.15) is 0 Å². The topological polar surface area (TPSA) is 0 Å². The maximum atomic E-state index is 13.4. The van der Waals surface area contributed by atoms with E-state index in [2.05, 4.69) is 34.8 Å². The largest absolute Gasteiger partial charge is 0.379 e. The van der Waals surface area contributed by atoms with Gasteiger partial charge in [0.25, 0.3) is 3.79 Å². The zero-order valence-electron chi connectivity index (χ0n) is 10.1. The van der Waals surface area contributed by atoms with Crippen LogP contribution in [0.3, 0.4) is 0 Å². The first kappa shape index (κ1) is 23.2. The van der Waals surface area contributed by atoms with Gasteiger partial charge in [0.15, 0.2) is 9.96 Å². The van der Waals surface area contributed by atoms with Crippen LogP contribution in [0.5, 0.6) is 0 Å². The lowest BCUT2D eigenvalue weighted by Gasteiger charge is -2.37. The van der Waals surface area contributed by atoms with Crippen LogP contribution in [-0.4, -0.2) is 31.5 Å². The summed E-state index contributed by atoms with van der Waals surface area (Å²) in [4.78, 5) is 0. The van der Waals surface area contributed by atoms with E-state index in [9.17, 15) is 30.7 Å². The van der Waals surface area contributed by atoms with Gasteiger partial charge in [0.05, 0.1) is 0 Å². The van der Waals surface area contributed by atoms with Gasteiger partial charge in [0, 0.05) is 0 Å². The lowest BCUT2D eigenvalue weighted by atomic mass is 9.97. The van der Waals surface area contributed by atoms with Gasteiger partial charge in [-0.25, -0.2) is 4.39 Å². The van der Waals surface area contributed by atoms with Crippen LogP contribution >= 0.6 is 69.6 Å². The van der Waals surface area contributed by atoms with Crippen LogP contribution in [0.15, 0.2) is 0 Å². The molecule has 0 amide bonds. The van der Waals surface area contributed by atoms with E-state index in [1.165, 1.54) is 0 Å². The van der Waals surface area contributed by atoms with Crippen LogP contribution in [-0.2, 0) is 0 Å². The molecule has 0 spiro atoms. The molecule has 13 heteroatoms. The van der Waals surface area contributed by atoms with Gasteiger partial charge in [-0.1, -0.05) is 69.6 Å². The van der Waals surface area contributed by atoms with Crippen LogP contribution < -0.4 is 0 Å². The minimum absolute atomic E-state index is 0.458. The Morgan fingerprint density at radius 2 is 1.14 bits per heavy atom. The summed E-state index contributed by atoms with van der Waals surface area (Å²) in [5.41, 5.74) is 0. The summed E-state index contributed by atoms with van der Waals surface area (Å²) < 4.78 is 87.1. The van der Waals surface area contributed by atoms with Crippen molar-refractivity contribution in [1.29, 1.82) is 0 Å². The monoisotopic (exact) mass is 458 g/mol. The molecule has 0 heterocycles. The summed E-state index contributed by atoms with van der Waals surface area (Å²) in [6, 6.07) is 0. The molecule has 0 aliphatic rings. The molecule has 0 aliphatic carbocycles. The van der Waals surface area contributed by atoms with E-state index in [0.29, 0.717) is 0 Å². The predicted molar refractivity (Wildman–Crippen MR) is 74.2 cm³/mol. The lowest BCUT2D eigenvalue weighted by Crippen LogP contribution is -2.62. The fraction of sp³-hybridized carbons (Fsp3) is 1.00. The van der Waals surface area contributed by atoms with Crippen molar-refractivity contribution >= 4 is 69.6 Å². The van der Waals surface area contributed by atoms with Crippen molar-refractivity contribution in [3.05, 3.63) is 0 Å². The minimum atomic E-state index is -6.26. The van der Waals surface area contributed by atoms with Crippen molar-refractivity contribution < 1.29 is 30.7 Å². The number of alkyl halides is 13. The molecular formula is C9H7Cl6F7. The smallest absolute Gasteiger partial charge is 0.241 e. The molecule has 0 fully saturated rings. The first-order chi connectivity index (χ1) is 9.38. The van der Waals surface area contributed by atoms with E-state index in [1.807, 2.05) is 0 Å². The van der Waals surface area contributed by atoms with Gasteiger partial charge in [-0.3, -0.25) is 0 Å². The van der Waals surface area contributed by atoms with Crippen LogP contribution in [0, 0.1) is 0 Å². The van der Waals surface area contributed by atoms with Crippen LogP contribution in [0.1, 0.15) is 19.3 Å². The molecule has 0 aliphatic heterocycles. The molecule has 0 saturated heterocycles. The highest BCUT2D eigenvalue weighted by molar-refractivity contribution is 6.68. The van der Waals surface area contributed by atoms with Gasteiger partial charge in [-0.05, 0) is 19.3 Å². The number of hydrogen-bond acceptors (Lipinski definition) is 0. The van der Waals surface area contributed by atoms with Crippen molar-refractivity contribution in [1.82, 2.24) is 0 Å². The van der Waals surface area contributed by atoms with Gasteiger partial charge in [0.2, 0.25) is 0 Å². The highest BCUT2D eigenvalue weighted by atomic mass is 35.6. The fourth-order valence-corrected chi connectivity index (χ4v) is 2.00. The molecule has 0 bridgehead atoms. The summed E-state index contributed by atoms with van der Waals surface area (Å²) in [6.07, 6.45) is -5.98. The molecule has 0 aromatic rings. The Hall–Kier alpha value is 1.25. The molecule has 0 N–H and O–H groups in total. The first-order valence-electron chi connectivity index (χ1n) is 5.29. The second-order valence-corrected chi connectivity index (χ2v) is 9.04. The predicted octanol–water partition coefficient (Wildman–Crippen LogP) is 7.14. The Morgan fingerprint density at radius 3 is 1.45 bits per heavy atom. The third kappa shape index (κ3) is 5.12. The number of halogens is 13. The number of hydrogen-bond donors (Lipinski definition) is 0. The third-order valence-electron chi connectivity index (χ3n) is 2.48. The van der Waals surface area contributed by atoms with E-state index in [1.54, 1.807) is 0 Å². The minimum Gasteiger partial charge on any atom is -0.241 e. The standard InChI is InChI=1S/C9H7Cl6F7/c10-5(11,12)3-1-2-4(16)6(17,18)7(19,20)8(21,22)9(13,14)15/h4H,1-3H2. The molecule has 1 atom stereocenters. The van der Waals surface area contributed by atoms with Gasteiger partial charge >= 0.3 is 17.8 Å². The normalized spacial score (nSPS) is 16.8. The second kappa shape index (κ2) is 7.24. The van der Waals surface area contributed by atoms with Crippen molar-refractivity contribution in [3.63, 3.8) is 0 Å². The first-order valence-corrected chi connectivity index (χ1v) is 7.55. The summed E-state index contributed by atoms with van der Waals surface area (Å²) >= 11 is 29.5. The summed E-state index contributed by atoms with van der Waals surface area (Å²) in [7, 11) is 0. The summed E-state index contributed by atoms with van der Waals surface area (Å²) in [5, 5.41) is 0. The Bertz CT molecular complexity index is 376. The Morgan fingerprint density at radius 1 is 0.727 bits per heavy atom. The molecule has 22 heavy (non-hydrogen) atoms. The molecule has 0 aromatic carbocycles. The zero-order valence-corrected chi connectivity index (χ0v) is 14.6. The van der Waals surface area contributed by atoms with E-state index >= 15 is 0 Å². The van der Waals surface area contributed by atoms with E-state index < -0.39 is 50.8 Å². The second-order valence-electron chi connectivity index (χ2n) is 4.24. The van der Waals surface area contributed by atoms with E-state index in [4.69, 9.17) is 34.8 Å². The van der Waals surface area contributed by atoms with Crippen molar-refractivity contribution in [2.24, 2.45) is 0 Å². The Labute approximate surface area is 151 Å². The summed E-state index contributed by atoms with van der Waals surface area (Å²) in [5.74, 6) is -17.9. The quantitative estimate of drug-likeness (QED) is 0.292. The highest BCUT2D eigenvalue weighted by Crippen LogP contribution is 2.57. The molecule has 1 unspecified atom stereocenters. The average Bonchev–Trinajstić information content (AvgIpc) is 2.24. The van der Waals surface area contributed by atoms with Gasteiger partial charge < -0.3 is 0 Å². The lowest BCUT2D eigenvalue weighted by molar-refractivity contribution is -0.323. The Balaban J connectivity index is 5.19. The molecule has 0 radical (unpaired) electrons. The van der Waals surface area contributed by atoms with Gasteiger partial charge in [-0.2, -0.15) is 26.3 Å². The molecule has 0 nitrogen and oxygen atoms in total. The van der Waals surface area contributed by atoms with Crippen LogP contribution in [0.4, 0.5) is 30.7 Å². The molecule has 134 valence electrons. The molecule has 0 aromatic heterocycles. The third-order valence-corrected chi connectivity index (χ3v) is 3.76. The zero-order chi connectivity index (χ0) is 18.2. The van der Waals surface area contributed by atoms with Crippen LogP contribution in [0.2, 0.25) is 0 Å². The highest BCUT2D eigenvalue weighted by Gasteiger charge is 2.80. The maximum absolute atomic E-state index is 13.4. The summed E-state index contributed by atoms with van der Waals surface area (Å²) in [6.45, 7) is 0. The maximum Gasteiger partial charge on any atom is 0.379 e.